The Balaban J connectivity index is 1.52. The SMILES string of the molecule is CC(C)Cc1nnc(NC(=O)[C@@H]2CC=CC[C@H]2c2nc3ccccc3s2)s1. The lowest BCUT2D eigenvalue weighted by molar-refractivity contribution is -0.120. The first kappa shape index (κ1) is 18.3. The first-order valence-electron chi connectivity index (χ1n) is 9.24. The summed E-state index contributed by atoms with van der Waals surface area (Å²) < 4.78 is 1.17. The zero-order valence-corrected chi connectivity index (χ0v) is 17.0. The fourth-order valence-electron chi connectivity index (χ4n) is 3.36. The fourth-order valence-corrected chi connectivity index (χ4v) is 5.46. The van der Waals surface area contributed by atoms with Crippen LogP contribution in [0.15, 0.2) is 36.4 Å². The number of nitrogens with zero attached hydrogens (tertiary/aromatic N) is 3. The summed E-state index contributed by atoms with van der Waals surface area (Å²) in [5.74, 6) is 0.507. The molecule has 0 radical (unpaired) electrons. The molecular formula is C20H22N4OS2. The Morgan fingerprint density at radius 2 is 2.00 bits per heavy atom. The summed E-state index contributed by atoms with van der Waals surface area (Å²) in [6.07, 6.45) is 6.70. The van der Waals surface area contributed by atoms with Crippen LogP contribution in [0.3, 0.4) is 0 Å². The van der Waals surface area contributed by atoms with Gasteiger partial charge in [-0.25, -0.2) is 4.98 Å². The zero-order chi connectivity index (χ0) is 18.8. The van der Waals surface area contributed by atoms with E-state index in [-0.39, 0.29) is 17.7 Å². The summed E-state index contributed by atoms with van der Waals surface area (Å²) in [5, 5.41) is 13.9. The molecule has 1 N–H and O–H groups in total. The van der Waals surface area contributed by atoms with Crippen molar-refractivity contribution in [2.24, 2.45) is 11.8 Å². The van der Waals surface area contributed by atoms with Crippen molar-refractivity contribution in [1.29, 1.82) is 0 Å². The van der Waals surface area contributed by atoms with Crippen molar-refractivity contribution in [1.82, 2.24) is 15.2 Å². The van der Waals surface area contributed by atoms with Crippen molar-refractivity contribution >= 4 is 43.9 Å². The molecule has 0 unspecified atom stereocenters. The molecule has 1 amide bonds. The molecule has 3 aromatic rings. The van der Waals surface area contributed by atoms with Gasteiger partial charge in [0.25, 0.3) is 0 Å². The molecule has 2 heterocycles. The third-order valence-electron chi connectivity index (χ3n) is 4.68. The molecule has 2 aromatic heterocycles. The molecule has 140 valence electrons. The molecule has 0 fully saturated rings. The number of fused-ring (bicyclic) bond motifs is 1. The van der Waals surface area contributed by atoms with E-state index in [9.17, 15) is 4.79 Å². The Kier molecular flexibility index (Phi) is 5.31. The summed E-state index contributed by atoms with van der Waals surface area (Å²) in [5.41, 5.74) is 1.01. The lowest BCUT2D eigenvalue weighted by Crippen LogP contribution is -2.29. The largest absolute Gasteiger partial charge is 0.300 e. The van der Waals surface area contributed by atoms with Crippen LogP contribution in [0.1, 0.15) is 42.6 Å². The second-order valence-electron chi connectivity index (χ2n) is 7.26. The van der Waals surface area contributed by atoms with Gasteiger partial charge in [-0.3, -0.25) is 4.79 Å². The summed E-state index contributed by atoms with van der Waals surface area (Å²) in [6.45, 7) is 4.30. The van der Waals surface area contributed by atoms with E-state index in [1.807, 2.05) is 18.2 Å². The van der Waals surface area contributed by atoms with Gasteiger partial charge in [-0.15, -0.1) is 21.5 Å². The highest BCUT2D eigenvalue weighted by Gasteiger charge is 2.32. The molecule has 4 rings (SSSR count). The number of amides is 1. The van der Waals surface area contributed by atoms with Gasteiger partial charge in [0, 0.05) is 12.3 Å². The highest BCUT2D eigenvalue weighted by atomic mass is 32.1. The number of hydrogen-bond donors (Lipinski definition) is 1. The lowest BCUT2D eigenvalue weighted by Gasteiger charge is -2.25. The number of hydrogen-bond acceptors (Lipinski definition) is 6. The van der Waals surface area contributed by atoms with E-state index >= 15 is 0 Å². The maximum atomic E-state index is 13.0. The minimum atomic E-state index is -0.131. The third kappa shape index (κ3) is 4.09. The van der Waals surface area contributed by atoms with Crippen LogP contribution in [0.5, 0.6) is 0 Å². The fraction of sp³-hybridized carbons (Fsp3) is 0.400. The summed E-state index contributed by atoms with van der Waals surface area (Å²) in [7, 11) is 0. The minimum absolute atomic E-state index is 0.0100. The van der Waals surface area contributed by atoms with E-state index < -0.39 is 0 Å². The van der Waals surface area contributed by atoms with E-state index in [1.54, 1.807) is 11.3 Å². The molecule has 1 aliphatic carbocycles. The number of carbonyl (C=O) groups excluding carboxylic acids is 1. The molecule has 0 saturated heterocycles. The number of nitrogens with one attached hydrogen (secondary N) is 1. The molecule has 0 spiro atoms. The quantitative estimate of drug-likeness (QED) is 0.612. The number of carbonyl (C=O) groups is 1. The zero-order valence-electron chi connectivity index (χ0n) is 15.4. The van der Waals surface area contributed by atoms with Crippen molar-refractivity contribution in [3.8, 4) is 0 Å². The van der Waals surface area contributed by atoms with E-state index in [0.29, 0.717) is 11.0 Å². The van der Waals surface area contributed by atoms with Gasteiger partial charge in [0.05, 0.1) is 21.1 Å². The van der Waals surface area contributed by atoms with Crippen molar-refractivity contribution in [3.05, 3.63) is 46.4 Å². The van der Waals surface area contributed by atoms with Gasteiger partial charge in [-0.2, -0.15) is 0 Å². The van der Waals surface area contributed by atoms with Gasteiger partial charge in [-0.1, -0.05) is 49.5 Å². The average Bonchev–Trinajstić information content (AvgIpc) is 3.27. The van der Waals surface area contributed by atoms with Crippen LogP contribution in [-0.2, 0) is 11.2 Å². The van der Waals surface area contributed by atoms with Crippen molar-refractivity contribution in [2.45, 2.75) is 39.0 Å². The van der Waals surface area contributed by atoms with Gasteiger partial charge >= 0.3 is 0 Å². The van der Waals surface area contributed by atoms with Gasteiger partial charge in [0.15, 0.2) is 0 Å². The number of benzene rings is 1. The van der Waals surface area contributed by atoms with Crippen LogP contribution in [0, 0.1) is 11.8 Å². The van der Waals surface area contributed by atoms with Crippen LogP contribution >= 0.6 is 22.7 Å². The van der Waals surface area contributed by atoms with E-state index in [4.69, 9.17) is 4.98 Å². The maximum absolute atomic E-state index is 13.0. The van der Waals surface area contributed by atoms with Gasteiger partial charge in [0.2, 0.25) is 11.0 Å². The molecule has 1 aliphatic rings. The van der Waals surface area contributed by atoms with Gasteiger partial charge < -0.3 is 5.32 Å². The first-order valence-corrected chi connectivity index (χ1v) is 10.9. The molecule has 7 heteroatoms. The van der Waals surface area contributed by atoms with Crippen molar-refractivity contribution in [3.63, 3.8) is 0 Å². The van der Waals surface area contributed by atoms with E-state index in [0.717, 1.165) is 34.8 Å². The second-order valence-corrected chi connectivity index (χ2v) is 9.39. The predicted octanol–water partition coefficient (Wildman–Crippen LogP) is 5.03. The molecular weight excluding hydrogens is 376 g/mol. The van der Waals surface area contributed by atoms with E-state index in [2.05, 4.69) is 47.6 Å². The Hall–Kier alpha value is -2.12. The average molecular weight is 399 g/mol. The number of allylic oxidation sites excluding steroid dienone is 2. The van der Waals surface area contributed by atoms with Crippen LogP contribution < -0.4 is 5.32 Å². The number of para-hydroxylation sites is 1. The standard InChI is InChI=1S/C20H22N4OS2/c1-12(2)11-17-23-24-20(27-17)22-18(25)13-7-3-4-8-14(13)19-21-15-9-5-6-10-16(15)26-19/h3-6,9-10,12-14H,7-8,11H2,1-2H3,(H,22,24,25)/t13-,14-/m1/s1. The molecule has 5 nitrogen and oxygen atoms in total. The maximum Gasteiger partial charge on any atom is 0.230 e. The number of aromatic nitrogens is 3. The highest BCUT2D eigenvalue weighted by Crippen LogP contribution is 2.39. The van der Waals surface area contributed by atoms with Crippen LogP contribution in [0.2, 0.25) is 0 Å². The first-order chi connectivity index (χ1) is 13.1. The second kappa shape index (κ2) is 7.86. The summed E-state index contributed by atoms with van der Waals surface area (Å²) >= 11 is 3.16. The van der Waals surface area contributed by atoms with Crippen LogP contribution in [-0.4, -0.2) is 21.1 Å². The number of rotatable bonds is 5. The smallest absolute Gasteiger partial charge is 0.230 e. The third-order valence-corrected chi connectivity index (χ3v) is 6.71. The number of anilines is 1. The van der Waals surface area contributed by atoms with Crippen LogP contribution in [0.25, 0.3) is 10.2 Å². The van der Waals surface area contributed by atoms with Crippen molar-refractivity contribution < 1.29 is 4.79 Å². The molecule has 0 bridgehead atoms. The predicted molar refractivity (Wildman–Crippen MR) is 111 cm³/mol. The Bertz CT molecular complexity index is 942. The van der Waals surface area contributed by atoms with Gasteiger partial charge in [0.1, 0.15) is 5.01 Å². The lowest BCUT2D eigenvalue weighted by atomic mass is 9.83. The topological polar surface area (TPSA) is 67.8 Å². The molecule has 0 aliphatic heterocycles. The van der Waals surface area contributed by atoms with Crippen molar-refractivity contribution in [2.75, 3.05) is 5.32 Å². The Labute approximate surface area is 166 Å². The molecule has 1 aromatic carbocycles. The van der Waals surface area contributed by atoms with Crippen LogP contribution in [0.4, 0.5) is 5.13 Å². The van der Waals surface area contributed by atoms with Gasteiger partial charge in [-0.05, 0) is 30.9 Å². The monoisotopic (exact) mass is 398 g/mol. The highest BCUT2D eigenvalue weighted by molar-refractivity contribution is 7.18. The Morgan fingerprint density at radius 1 is 1.19 bits per heavy atom. The molecule has 0 saturated carbocycles. The summed E-state index contributed by atoms with van der Waals surface area (Å²) in [4.78, 5) is 17.8. The summed E-state index contributed by atoms with van der Waals surface area (Å²) in [6, 6.07) is 8.14. The normalized spacial score (nSPS) is 19.7. The Morgan fingerprint density at radius 3 is 2.81 bits per heavy atom. The van der Waals surface area contributed by atoms with E-state index in [1.165, 1.54) is 16.0 Å². The molecule has 27 heavy (non-hydrogen) atoms. The minimum Gasteiger partial charge on any atom is -0.300 e. The molecule has 2 atom stereocenters. The number of thiazole rings is 1.